The molecule has 3 rings (SSSR count). The Morgan fingerprint density at radius 2 is 1.87 bits per heavy atom. The van der Waals surface area contributed by atoms with Gasteiger partial charge in [-0.05, 0) is 68.1 Å². The van der Waals surface area contributed by atoms with Crippen LogP contribution in [0.25, 0.3) is 0 Å². The third kappa shape index (κ3) is 3.78. The summed E-state index contributed by atoms with van der Waals surface area (Å²) >= 11 is 0. The van der Waals surface area contributed by atoms with Gasteiger partial charge >= 0.3 is 5.97 Å². The van der Waals surface area contributed by atoms with Gasteiger partial charge in [0.2, 0.25) is 0 Å². The second kappa shape index (κ2) is 8.40. The van der Waals surface area contributed by atoms with E-state index in [-0.39, 0.29) is 29.3 Å². The van der Waals surface area contributed by atoms with Crippen molar-refractivity contribution in [3.8, 4) is 0 Å². The lowest BCUT2D eigenvalue weighted by Gasteiger charge is -2.59. The Labute approximate surface area is 181 Å². The lowest BCUT2D eigenvalue weighted by molar-refractivity contribution is -0.176. The van der Waals surface area contributed by atoms with Crippen molar-refractivity contribution in [2.45, 2.75) is 65.7 Å². The van der Waals surface area contributed by atoms with Gasteiger partial charge in [0.1, 0.15) is 6.61 Å². The highest BCUT2D eigenvalue weighted by Gasteiger charge is 2.58. The lowest BCUT2D eigenvalue weighted by Crippen LogP contribution is -2.54. The highest BCUT2D eigenvalue weighted by molar-refractivity contribution is 5.77. The molecule has 5 heteroatoms. The number of aliphatic hydroxyl groups is 3. The minimum absolute atomic E-state index is 0.0701. The molecule has 0 radical (unpaired) electrons. The van der Waals surface area contributed by atoms with Crippen LogP contribution in [-0.4, -0.2) is 47.7 Å². The quantitative estimate of drug-likeness (QED) is 0.432. The summed E-state index contributed by atoms with van der Waals surface area (Å²) in [4.78, 5) is 13.3. The summed E-state index contributed by atoms with van der Waals surface area (Å²) in [7, 11) is 0. The molecule has 5 atom stereocenters. The maximum absolute atomic E-state index is 13.3. The van der Waals surface area contributed by atoms with Crippen LogP contribution in [0.15, 0.2) is 24.3 Å². The van der Waals surface area contributed by atoms with Crippen LogP contribution in [0.3, 0.4) is 0 Å². The normalized spacial score (nSPS) is 38.8. The SMILES string of the molecule is C=C[C@@]1(C)CC[C@H]2C(=CC[C@@H]3[C@]2(C)CCC[C@@]3(C)C(=O)OCC(CO)(CO)CO)C1. The zero-order valence-corrected chi connectivity index (χ0v) is 19.0. The first kappa shape index (κ1) is 23.5. The topological polar surface area (TPSA) is 87.0 Å². The number of fused-ring (bicyclic) bond motifs is 3. The minimum atomic E-state index is -1.19. The van der Waals surface area contributed by atoms with Crippen molar-refractivity contribution in [2.75, 3.05) is 26.4 Å². The molecule has 0 spiro atoms. The fourth-order valence-electron chi connectivity index (χ4n) is 6.52. The number of ether oxygens (including phenoxy) is 1. The molecule has 170 valence electrons. The van der Waals surface area contributed by atoms with Crippen molar-refractivity contribution in [1.82, 2.24) is 0 Å². The zero-order chi connectivity index (χ0) is 22.2. The van der Waals surface area contributed by atoms with E-state index in [0.29, 0.717) is 5.92 Å². The number of carbonyl (C=O) groups is 1. The molecule has 3 N–H and O–H groups in total. The Kier molecular flexibility index (Phi) is 6.58. The van der Waals surface area contributed by atoms with Gasteiger partial charge < -0.3 is 20.1 Å². The maximum atomic E-state index is 13.3. The van der Waals surface area contributed by atoms with Crippen LogP contribution in [0.4, 0.5) is 0 Å². The molecule has 0 aromatic heterocycles. The van der Waals surface area contributed by atoms with Crippen LogP contribution in [0.2, 0.25) is 0 Å². The summed E-state index contributed by atoms with van der Waals surface area (Å²) in [6, 6.07) is 0. The summed E-state index contributed by atoms with van der Waals surface area (Å²) in [5.74, 6) is 0.449. The van der Waals surface area contributed by atoms with E-state index in [1.54, 1.807) is 5.57 Å². The molecule has 0 unspecified atom stereocenters. The standard InChI is InChI=1S/C25H40O5/c1-5-22(2)12-9-19-18(13-22)7-8-20-23(19,3)10-6-11-24(20,4)21(29)30-17-25(14-26,15-27)16-28/h5,7,19-20,26-28H,1,6,8-17H2,2-4H3/t19-,20+,22-,23+,24+/m0/s1. The summed E-state index contributed by atoms with van der Waals surface area (Å²) in [6.45, 7) is 9.30. The van der Waals surface area contributed by atoms with Crippen molar-refractivity contribution < 1.29 is 24.9 Å². The van der Waals surface area contributed by atoms with Crippen LogP contribution in [0.1, 0.15) is 65.7 Å². The van der Waals surface area contributed by atoms with Crippen LogP contribution in [0, 0.1) is 33.5 Å². The van der Waals surface area contributed by atoms with E-state index in [1.807, 2.05) is 6.92 Å². The number of aliphatic hydroxyl groups excluding tert-OH is 3. The van der Waals surface area contributed by atoms with Gasteiger partial charge in [0.25, 0.3) is 0 Å². The monoisotopic (exact) mass is 420 g/mol. The van der Waals surface area contributed by atoms with Gasteiger partial charge in [-0.25, -0.2) is 0 Å². The highest BCUT2D eigenvalue weighted by atomic mass is 16.5. The van der Waals surface area contributed by atoms with E-state index in [1.165, 1.54) is 0 Å². The van der Waals surface area contributed by atoms with E-state index in [0.717, 1.165) is 44.9 Å². The first-order chi connectivity index (χ1) is 14.1. The fraction of sp³-hybridized carbons (Fsp3) is 0.800. The van der Waals surface area contributed by atoms with Crippen molar-refractivity contribution in [2.24, 2.45) is 33.5 Å². The van der Waals surface area contributed by atoms with Crippen LogP contribution < -0.4 is 0 Å². The van der Waals surface area contributed by atoms with Gasteiger partial charge in [-0.2, -0.15) is 0 Å². The number of allylic oxidation sites excluding steroid dienone is 3. The van der Waals surface area contributed by atoms with E-state index in [9.17, 15) is 20.1 Å². The largest absolute Gasteiger partial charge is 0.464 e. The molecule has 0 aromatic rings. The molecule has 0 amide bonds. The highest BCUT2D eigenvalue weighted by Crippen LogP contribution is 2.64. The summed E-state index contributed by atoms with van der Waals surface area (Å²) in [5, 5.41) is 28.7. The molecule has 5 nitrogen and oxygen atoms in total. The molecule has 0 aromatic carbocycles. The number of esters is 1. The number of carbonyl (C=O) groups excluding carboxylic acids is 1. The van der Waals surface area contributed by atoms with Crippen LogP contribution in [-0.2, 0) is 9.53 Å². The Bertz CT molecular complexity index is 687. The van der Waals surface area contributed by atoms with Crippen LogP contribution >= 0.6 is 0 Å². The molecular formula is C25H40O5. The molecule has 2 fully saturated rings. The summed E-state index contributed by atoms with van der Waals surface area (Å²) < 4.78 is 5.65. The van der Waals surface area contributed by atoms with Crippen molar-refractivity contribution in [3.05, 3.63) is 24.3 Å². The Morgan fingerprint density at radius 3 is 2.47 bits per heavy atom. The van der Waals surface area contributed by atoms with E-state index in [2.05, 4.69) is 32.6 Å². The van der Waals surface area contributed by atoms with Crippen molar-refractivity contribution in [3.63, 3.8) is 0 Å². The Hall–Kier alpha value is -1.17. The minimum Gasteiger partial charge on any atom is -0.464 e. The summed E-state index contributed by atoms with van der Waals surface area (Å²) in [5.41, 5.74) is -0.00633. The predicted octanol–water partition coefficient (Wildman–Crippen LogP) is 3.63. The van der Waals surface area contributed by atoms with E-state index >= 15 is 0 Å². The average molecular weight is 421 g/mol. The number of rotatable bonds is 7. The maximum Gasteiger partial charge on any atom is 0.312 e. The van der Waals surface area contributed by atoms with Crippen molar-refractivity contribution >= 4 is 5.97 Å². The molecule has 2 saturated carbocycles. The molecule has 0 heterocycles. The van der Waals surface area contributed by atoms with Gasteiger partial charge in [0.05, 0.1) is 30.7 Å². The molecule has 0 bridgehead atoms. The first-order valence-electron chi connectivity index (χ1n) is 11.4. The van der Waals surface area contributed by atoms with Gasteiger partial charge in [-0.3, -0.25) is 4.79 Å². The lowest BCUT2D eigenvalue weighted by atomic mass is 9.45. The number of hydrogen-bond donors (Lipinski definition) is 3. The van der Waals surface area contributed by atoms with Gasteiger partial charge in [-0.1, -0.05) is 38.0 Å². The average Bonchev–Trinajstić information content (AvgIpc) is 2.74. The Morgan fingerprint density at radius 1 is 1.20 bits per heavy atom. The second-order valence-corrected chi connectivity index (χ2v) is 11.0. The second-order valence-electron chi connectivity index (χ2n) is 11.0. The molecular weight excluding hydrogens is 380 g/mol. The molecule has 30 heavy (non-hydrogen) atoms. The predicted molar refractivity (Wildman–Crippen MR) is 117 cm³/mol. The third-order valence-corrected chi connectivity index (χ3v) is 8.92. The van der Waals surface area contributed by atoms with Gasteiger partial charge in [0.15, 0.2) is 0 Å². The molecule has 0 aliphatic heterocycles. The Balaban J connectivity index is 1.83. The fourth-order valence-corrected chi connectivity index (χ4v) is 6.52. The molecule has 3 aliphatic rings. The van der Waals surface area contributed by atoms with E-state index < -0.39 is 30.7 Å². The smallest absolute Gasteiger partial charge is 0.312 e. The van der Waals surface area contributed by atoms with Gasteiger partial charge in [0, 0.05) is 0 Å². The molecule has 3 aliphatic carbocycles. The third-order valence-electron chi connectivity index (χ3n) is 8.92. The summed E-state index contributed by atoms with van der Waals surface area (Å²) in [6.07, 6.45) is 11.6. The van der Waals surface area contributed by atoms with Crippen molar-refractivity contribution in [1.29, 1.82) is 0 Å². The molecule has 0 saturated heterocycles. The zero-order valence-electron chi connectivity index (χ0n) is 19.0. The van der Waals surface area contributed by atoms with Gasteiger partial charge in [-0.15, -0.1) is 6.58 Å². The van der Waals surface area contributed by atoms with E-state index in [4.69, 9.17) is 4.74 Å². The first-order valence-corrected chi connectivity index (χ1v) is 11.4. The number of hydrogen-bond acceptors (Lipinski definition) is 5. The van der Waals surface area contributed by atoms with Crippen LogP contribution in [0.5, 0.6) is 0 Å².